The van der Waals surface area contributed by atoms with Gasteiger partial charge in [0.15, 0.2) is 0 Å². The van der Waals surface area contributed by atoms with Crippen LogP contribution in [0.2, 0.25) is 0 Å². The molecule has 0 fully saturated rings. The summed E-state index contributed by atoms with van der Waals surface area (Å²) in [5.74, 6) is 0. The van der Waals surface area contributed by atoms with Crippen LogP contribution in [0, 0.1) is 0 Å². The first-order valence-corrected chi connectivity index (χ1v) is 9.71. The van der Waals surface area contributed by atoms with Gasteiger partial charge < -0.3 is 13.7 Å². The monoisotopic (exact) mass is 446 g/mol. The zero-order valence-electron chi connectivity index (χ0n) is 9.94. The van der Waals surface area contributed by atoms with Gasteiger partial charge in [0, 0.05) is 25.7 Å². The van der Waals surface area contributed by atoms with Crippen molar-refractivity contribution in [3.05, 3.63) is 34.3 Å². The molecule has 0 N–H and O–H groups in total. The van der Waals surface area contributed by atoms with Gasteiger partial charge in [-0.3, -0.25) is 0 Å². The summed E-state index contributed by atoms with van der Waals surface area (Å²) in [6.07, 6.45) is 0.932. The van der Waals surface area contributed by atoms with E-state index in [4.69, 9.17) is 13.7 Å². The minimum atomic E-state index is 0.617. The van der Waals surface area contributed by atoms with Crippen molar-refractivity contribution >= 4 is 46.3 Å². The van der Waals surface area contributed by atoms with Crippen molar-refractivity contribution < 1.29 is 13.7 Å². The van der Waals surface area contributed by atoms with Crippen molar-refractivity contribution in [2.24, 2.45) is 0 Å². The molecule has 0 heterocycles. The van der Waals surface area contributed by atoms with E-state index in [0.717, 1.165) is 17.5 Å². The lowest BCUT2D eigenvalue weighted by Crippen LogP contribution is -2.09. The number of ether oxygens (including phenoxy) is 2. The number of halogens is 2. The van der Waals surface area contributed by atoms with Crippen LogP contribution in [0.5, 0.6) is 0 Å². The van der Waals surface area contributed by atoms with E-state index in [1.54, 1.807) is 0 Å². The summed E-state index contributed by atoms with van der Waals surface area (Å²) in [5.41, 5.74) is 1.28. The van der Waals surface area contributed by atoms with E-state index < -0.39 is 0 Å². The van der Waals surface area contributed by atoms with E-state index in [1.165, 1.54) is 14.8 Å². The largest absolute Gasteiger partial charge is 0.379 e. The molecule has 0 atom stereocenters. The zero-order valence-corrected chi connectivity index (χ0v) is 14.5. The molecule has 0 amide bonds. The average molecular weight is 447 g/mol. The van der Waals surface area contributed by atoms with Gasteiger partial charge in [0.1, 0.15) is 0 Å². The van der Waals surface area contributed by atoms with Crippen molar-refractivity contribution in [2.75, 3.05) is 33.0 Å². The van der Waals surface area contributed by atoms with E-state index in [2.05, 4.69) is 49.3 Å². The van der Waals surface area contributed by atoms with Crippen molar-refractivity contribution in [3.8, 4) is 0 Å². The highest BCUT2D eigenvalue weighted by molar-refractivity contribution is 14.2. The highest BCUT2D eigenvalue weighted by Gasteiger charge is 1.94. The molecule has 0 spiro atoms. The Labute approximate surface area is 133 Å². The maximum atomic E-state index is 5.49. The molecule has 3 nitrogen and oxygen atoms in total. The van der Waals surface area contributed by atoms with Gasteiger partial charge in [0.2, 0.25) is 0 Å². The third-order valence-corrected chi connectivity index (χ3v) is 3.72. The predicted molar refractivity (Wildman–Crippen MR) is 87.0 cm³/mol. The minimum Gasteiger partial charge on any atom is -0.379 e. The van der Waals surface area contributed by atoms with E-state index in [1.807, 2.05) is 12.1 Å². The molecule has 18 heavy (non-hydrogen) atoms. The summed E-state index contributed by atoms with van der Waals surface area (Å²) in [7, 11) is 1.33. The van der Waals surface area contributed by atoms with Crippen LogP contribution in [-0.4, -0.2) is 33.0 Å². The Balaban J connectivity index is 1.91. The highest BCUT2D eigenvalue weighted by Crippen LogP contribution is 2.11. The van der Waals surface area contributed by atoms with E-state index >= 15 is 0 Å². The molecule has 0 bridgehead atoms. The Morgan fingerprint density at radius 3 is 2.22 bits per heavy atom. The Morgan fingerprint density at radius 1 is 0.944 bits per heavy atom. The summed E-state index contributed by atoms with van der Waals surface area (Å²) in [6.45, 7) is 3.22. The molecule has 0 aliphatic rings. The highest BCUT2D eigenvalue weighted by atomic mass is 127. The van der Waals surface area contributed by atoms with Gasteiger partial charge in [0.25, 0.3) is 0 Å². The average Bonchev–Trinajstić information content (AvgIpc) is 2.39. The first-order valence-electron chi connectivity index (χ1n) is 5.63. The lowest BCUT2D eigenvalue weighted by atomic mass is 10.2. The first kappa shape index (κ1) is 16.7. The Morgan fingerprint density at radius 2 is 1.56 bits per heavy atom. The number of hydrogen-bond donors (Lipinski definition) is 0. The Kier molecular flexibility index (Phi) is 10.7. The maximum Gasteiger partial charge on any atom is 0.0857 e. The second kappa shape index (κ2) is 11.5. The Bertz CT molecular complexity index is 311. The van der Waals surface area contributed by atoms with Gasteiger partial charge in [-0.15, -0.1) is 0 Å². The summed E-state index contributed by atoms with van der Waals surface area (Å²) >= 11 is 5.50. The van der Waals surface area contributed by atoms with Crippen LogP contribution >= 0.6 is 46.3 Å². The summed E-state index contributed by atoms with van der Waals surface area (Å²) in [6, 6.07) is 8.29. The number of benzene rings is 1. The fourth-order valence-electron chi connectivity index (χ4n) is 1.29. The second-order valence-corrected chi connectivity index (χ2v) is 5.84. The van der Waals surface area contributed by atoms with Crippen LogP contribution in [0.15, 0.2) is 28.7 Å². The molecule has 1 rings (SSSR count). The van der Waals surface area contributed by atoms with Crippen molar-refractivity contribution in [2.45, 2.75) is 6.42 Å². The molecule has 1 aromatic carbocycles. The Hall–Kier alpha value is 0.660. The standard InChI is InChI=1S/C12H16BrIO3S/c13-12-3-1-11(2-4-12)5-6-15-7-8-16-9-10-17-18-14/h1-4H,5-10H2. The molecular formula is C12H16BrIO3S. The molecule has 0 saturated heterocycles. The fraction of sp³-hybridized carbons (Fsp3) is 0.500. The van der Waals surface area contributed by atoms with Crippen molar-refractivity contribution in [1.29, 1.82) is 0 Å². The third kappa shape index (κ3) is 8.71. The molecule has 0 radical (unpaired) electrons. The molecule has 0 aliphatic carbocycles. The van der Waals surface area contributed by atoms with Gasteiger partial charge in [-0.2, -0.15) is 0 Å². The van der Waals surface area contributed by atoms with Gasteiger partial charge in [-0.05, 0) is 24.1 Å². The van der Waals surface area contributed by atoms with Gasteiger partial charge in [0.05, 0.1) is 42.2 Å². The van der Waals surface area contributed by atoms with Crippen molar-refractivity contribution in [3.63, 3.8) is 0 Å². The molecule has 102 valence electrons. The molecule has 6 heteroatoms. The smallest absolute Gasteiger partial charge is 0.0857 e. The van der Waals surface area contributed by atoms with Crippen LogP contribution in [0.1, 0.15) is 5.56 Å². The zero-order chi connectivity index (χ0) is 13.1. The summed E-state index contributed by atoms with van der Waals surface area (Å²) < 4.78 is 17.0. The normalized spacial score (nSPS) is 10.8. The first-order chi connectivity index (χ1) is 8.83. The number of rotatable bonds is 10. The summed E-state index contributed by atoms with van der Waals surface area (Å²) in [4.78, 5) is 0. The van der Waals surface area contributed by atoms with Crippen LogP contribution in [0.25, 0.3) is 0 Å². The topological polar surface area (TPSA) is 27.7 Å². The maximum absolute atomic E-state index is 5.49. The minimum absolute atomic E-state index is 0.617. The van der Waals surface area contributed by atoms with Crippen LogP contribution < -0.4 is 0 Å². The van der Waals surface area contributed by atoms with Gasteiger partial charge in [-0.25, -0.2) is 0 Å². The molecule has 0 unspecified atom stereocenters. The second-order valence-electron chi connectivity index (χ2n) is 3.49. The van der Waals surface area contributed by atoms with Crippen LogP contribution in [0.4, 0.5) is 0 Å². The molecular weight excluding hydrogens is 431 g/mol. The fourth-order valence-corrected chi connectivity index (χ4v) is 2.22. The quantitative estimate of drug-likeness (QED) is 0.308. The van der Waals surface area contributed by atoms with E-state index in [-0.39, 0.29) is 0 Å². The lowest BCUT2D eigenvalue weighted by molar-refractivity contribution is 0.0398. The molecule has 0 aliphatic heterocycles. The SMILES string of the molecule is Brc1ccc(CCOCCOCCOSI)cc1. The van der Waals surface area contributed by atoms with Crippen LogP contribution in [-0.2, 0) is 20.1 Å². The lowest BCUT2D eigenvalue weighted by Gasteiger charge is -2.05. The summed E-state index contributed by atoms with van der Waals surface area (Å²) in [5, 5.41) is 0. The number of hydrogen-bond acceptors (Lipinski definition) is 4. The third-order valence-electron chi connectivity index (χ3n) is 2.18. The van der Waals surface area contributed by atoms with Gasteiger partial charge >= 0.3 is 0 Å². The molecule has 0 saturated carbocycles. The van der Waals surface area contributed by atoms with Crippen molar-refractivity contribution in [1.82, 2.24) is 0 Å². The molecule has 0 aromatic heterocycles. The van der Waals surface area contributed by atoms with Crippen LogP contribution in [0.3, 0.4) is 0 Å². The predicted octanol–water partition coefficient (Wildman–Crippen LogP) is 4.04. The molecule has 1 aromatic rings. The van der Waals surface area contributed by atoms with Gasteiger partial charge in [-0.1, -0.05) is 28.1 Å². The van der Waals surface area contributed by atoms with E-state index in [0.29, 0.717) is 26.4 Å². The van der Waals surface area contributed by atoms with E-state index in [9.17, 15) is 0 Å².